The summed E-state index contributed by atoms with van der Waals surface area (Å²) < 4.78 is 6.17. The number of aromatic nitrogens is 1. The molecule has 18 heavy (non-hydrogen) atoms. The summed E-state index contributed by atoms with van der Waals surface area (Å²) >= 11 is 0. The zero-order valence-electron chi connectivity index (χ0n) is 11.3. The quantitative estimate of drug-likeness (QED) is 0.753. The van der Waals surface area contributed by atoms with Crippen LogP contribution in [0.15, 0.2) is 24.4 Å². The first-order chi connectivity index (χ1) is 8.85. The summed E-state index contributed by atoms with van der Waals surface area (Å²) in [4.78, 5) is 4.53. The van der Waals surface area contributed by atoms with Gasteiger partial charge >= 0.3 is 0 Å². The molecule has 0 aromatic carbocycles. The second-order valence-electron chi connectivity index (χ2n) is 6.25. The number of pyridine rings is 1. The fraction of sp³-hybridized carbons (Fsp3) is 0.667. The van der Waals surface area contributed by atoms with Gasteiger partial charge in [-0.15, -0.1) is 18.0 Å². The lowest BCUT2D eigenvalue weighted by molar-refractivity contribution is 0.294. The topological polar surface area (TPSA) is 22.1 Å². The summed E-state index contributed by atoms with van der Waals surface area (Å²) in [5.74, 6) is 1.62. The molecule has 3 heteroatoms. The largest absolute Gasteiger partial charge is 0.592 e. The summed E-state index contributed by atoms with van der Waals surface area (Å²) in [7, 11) is 1.94. The smallest absolute Gasteiger partial charge is 0.125 e. The van der Waals surface area contributed by atoms with Crippen molar-refractivity contribution in [2.75, 3.05) is 7.11 Å². The van der Waals surface area contributed by atoms with Crippen LogP contribution in [-0.4, -0.2) is 18.4 Å². The van der Waals surface area contributed by atoms with Crippen molar-refractivity contribution in [2.45, 2.75) is 56.5 Å². The number of fused-ring (bicyclic) bond motifs is 2. The van der Waals surface area contributed by atoms with Crippen molar-refractivity contribution in [3.05, 3.63) is 30.1 Å². The van der Waals surface area contributed by atoms with Crippen LogP contribution in [0.4, 0.5) is 0 Å². The van der Waals surface area contributed by atoms with E-state index in [4.69, 9.17) is 4.65 Å². The van der Waals surface area contributed by atoms with Crippen molar-refractivity contribution in [3.63, 3.8) is 0 Å². The van der Waals surface area contributed by atoms with Crippen molar-refractivity contribution in [1.82, 2.24) is 4.98 Å². The van der Waals surface area contributed by atoms with E-state index in [0.717, 1.165) is 18.0 Å². The average molecular weight is 244 g/mol. The van der Waals surface area contributed by atoms with Crippen LogP contribution in [-0.2, 0) is 11.0 Å². The molecule has 0 amide bonds. The number of hydrogen-bond donors (Lipinski definition) is 0. The molecule has 0 spiro atoms. The molecule has 98 valence electrons. The lowest BCUT2D eigenvalue weighted by atomic mass is 9.18. The van der Waals surface area contributed by atoms with E-state index in [1.165, 1.54) is 44.2 Å². The molecule has 1 aromatic heterocycles. The minimum absolute atomic E-state index is 0.682. The minimum atomic E-state index is -0.682. The third kappa shape index (κ3) is 1.99. The molecule has 3 heterocycles. The van der Waals surface area contributed by atoms with Gasteiger partial charge in [-0.05, 0) is 19.2 Å². The van der Waals surface area contributed by atoms with Gasteiger partial charge in [0.15, 0.2) is 0 Å². The van der Waals surface area contributed by atoms with E-state index >= 15 is 0 Å². The van der Waals surface area contributed by atoms with Gasteiger partial charge < -0.3 is 4.65 Å². The Hall–Kier alpha value is -0.825. The normalized spacial score (nSPS) is 35.4. The lowest BCUT2D eigenvalue weighted by Gasteiger charge is -2.58. The molecule has 2 fully saturated rings. The molecule has 2 saturated heterocycles. The Morgan fingerprint density at radius 3 is 2.33 bits per heavy atom. The van der Waals surface area contributed by atoms with Crippen molar-refractivity contribution in [1.29, 1.82) is 0 Å². The van der Waals surface area contributed by atoms with E-state index in [1.807, 2.05) is 19.4 Å². The van der Waals surface area contributed by atoms with Crippen LogP contribution in [0.5, 0.6) is 0 Å². The van der Waals surface area contributed by atoms with Crippen LogP contribution in [0, 0.1) is 0 Å². The molecule has 3 rings (SSSR count). The fourth-order valence-electron chi connectivity index (χ4n) is 4.73. The first-order valence-electron chi connectivity index (χ1n) is 7.48. The summed E-state index contributed by atoms with van der Waals surface area (Å²) in [6.45, 7) is 0. The van der Waals surface area contributed by atoms with Gasteiger partial charge in [-0.1, -0.05) is 44.6 Å². The average Bonchev–Trinajstić information content (AvgIpc) is 2.39. The summed E-state index contributed by atoms with van der Waals surface area (Å²) in [6, 6.07) is 6.25. The van der Waals surface area contributed by atoms with Crippen LogP contribution in [0.3, 0.4) is 0 Å². The number of hydrogen-bond acceptors (Lipinski definition) is 2. The van der Waals surface area contributed by atoms with Gasteiger partial charge in [0.25, 0.3) is 0 Å². The minimum Gasteiger partial charge on any atom is -0.592 e. The standard InChI is InChI=1S/C15H23BNO/c1-18-16(12-15-10-2-3-11-17-15)13-6-4-7-14(16)9-5-8-13/h2-3,10-11,13-14H,4-9,12H2,1H3/q-1. The molecule has 2 nitrogen and oxygen atoms in total. The van der Waals surface area contributed by atoms with Crippen LogP contribution in [0.25, 0.3) is 0 Å². The molecule has 0 N–H and O–H groups in total. The van der Waals surface area contributed by atoms with Crippen LogP contribution >= 0.6 is 0 Å². The van der Waals surface area contributed by atoms with Gasteiger partial charge in [0, 0.05) is 11.9 Å². The zero-order valence-corrected chi connectivity index (χ0v) is 11.3. The highest BCUT2D eigenvalue weighted by Crippen LogP contribution is 2.54. The molecule has 1 aromatic rings. The summed E-state index contributed by atoms with van der Waals surface area (Å²) in [5.41, 5.74) is 1.22. The maximum absolute atomic E-state index is 6.17. The Kier molecular flexibility index (Phi) is 3.42. The highest BCUT2D eigenvalue weighted by molar-refractivity contribution is 6.76. The first kappa shape index (κ1) is 12.2. The van der Waals surface area contributed by atoms with Crippen LogP contribution in [0.2, 0.25) is 11.6 Å². The predicted molar refractivity (Wildman–Crippen MR) is 75.9 cm³/mol. The Labute approximate surface area is 110 Å². The molecule has 0 aliphatic carbocycles. The van der Waals surface area contributed by atoms with Crippen molar-refractivity contribution in [2.24, 2.45) is 0 Å². The van der Waals surface area contributed by atoms with Crippen LogP contribution in [0.1, 0.15) is 44.2 Å². The van der Waals surface area contributed by atoms with Gasteiger partial charge in [0.1, 0.15) is 6.35 Å². The molecular weight excluding hydrogens is 221 g/mol. The summed E-state index contributed by atoms with van der Waals surface area (Å²) in [5, 5.41) is 0. The molecule has 0 radical (unpaired) electrons. The Balaban J connectivity index is 1.89. The van der Waals surface area contributed by atoms with Gasteiger partial charge in [-0.25, -0.2) is 0 Å². The number of rotatable bonds is 3. The first-order valence-corrected chi connectivity index (χ1v) is 7.48. The predicted octanol–water partition coefficient (Wildman–Crippen LogP) is 3.86. The van der Waals surface area contributed by atoms with Gasteiger partial charge in [0.05, 0.1) is 0 Å². The second kappa shape index (κ2) is 5.04. The van der Waals surface area contributed by atoms with Gasteiger partial charge in [-0.3, -0.25) is 4.98 Å². The van der Waals surface area contributed by atoms with Gasteiger partial charge in [-0.2, -0.15) is 0 Å². The molecule has 0 saturated carbocycles. The molecule has 0 atom stereocenters. The molecule has 2 aliphatic rings. The van der Waals surface area contributed by atoms with Crippen LogP contribution < -0.4 is 0 Å². The van der Waals surface area contributed by atoms with Crippen molar-refractivity contribution < 1.29 is 4.65 Å². The molecular formula is C15H23BNO-. The van der Waals surface area contributed by atoms with E-state index in [0.29, 0.717) is 0 Å². The second-order valence-corrected chi connectivity index (χ2v) is 6.25. The highest BCUT2D eigenvalue weighted by atomic mass is 16.4. The fourth-order valence-corrected chi connectivity index (χ4v) is 4.73. The Bertz CT molecular complexity index is 373. The highest BCUT2D eigenvalue weighted by Gasteiger charge is 2.44. The lowest BCUT2D eigenvalue weighted by Crippen LogP contribution is -2.54. The maximum atomic E-state index is 6.17. The number of nitrogens with zero attached hydrogens (tertiary/aromatic N) is 1. The van der Waals surface area contributed by atoms with E-state index in [-0.39, 0.29) is 0 Å². The third-order valence-electron chi connectivity index (χ3n) is 5.59. The zero-order chi connectivity index (χ0) is 12.4. The Morgan fingerprint density at radius 2 is 1.83 bits per heavy atom. The molecule has 2 aliphatic heterocycles. The van der Waals surface area contributed by atoms with Gasteiger partial charge in [0.2, 0.25) is 0 Å². The Morgan fingerprint density at radius 1 is 1.17 bits per heavy atom. The SMILES string of the molecule is CO[B-]1(Cc2ccccn2)C2CCCC1CCC2. The molecule has 2 bridgehead atoms. The third-order valence-corrected chi connectivity index (χ3v) is 5.59. The maximum Gasteiger partial charge on any atom is 0.125 e. The monoisotopic (exact) mass is 244 g/mol. The summed E-state index contributed by atoms with van der Waals surface area (Å²) in [6.07, 6.45) is 10.6. The van der Waals surface area contributed by atoms with Crippen molar-refractivity contribution in [3.8, 4) is 0 Å². The van der Waals surface area contributed by atoms with Crippen molar-refractivity contribution >= 4 is 6.35 Å². The molecule has 0 unspecified atom stereocenters. The van der Waals surface area contributed by atoms with E-state index in [9.17, 15) is 0 Å². The van der Waals surface area contributed by atoms with E-state index in [1.54, 1.807) is 0 Å². The van der Waals surface area contributed by atoms with E-state index in [2.05, 4.69) is 17.1 Å². The van der Waals surface area contributed by atoms with E-state index < -0.39 is 6.35 Å².